The van der Waals surface area contributed by atoms with Crippen LogP contribution in [0.25, 0.3) is 0 Å². The summed E-state index contributed by atoms with van der Waals surface area (Å²) in [6, 6.07) is 3.80. The van der Waals surface area contributed by atoms with Crippen LogP contribution >= 0.6 is 0 Å². The van der Waals surface area contributed by atoms with Crippen molar-refractivity contribution in [3.05, 3.63) is 24.0 Å². The Balaban J connectivity index is 2.32. The lowest BCUT2D eigenvalue weighted by atomic mass is 10.3. The molecule has 0 unspecified atom stereocenters. The summed E-state index contributed by atoms with van der Waals surface area (Å²) >= 11 is 0. The van der Waals surface area contributed by atoms with Crippen LogP contribution in [0.2, 0.25) is 0 Å². The summed E-state index contributed by atoms with van der Waals surface area (Å²) < 4.78 is 21.7. The van der Waals surface area contributed by atoms with Crippen LogP contribution in [0.4, 0.5) is 5.69 Å². The first-order valence-corrected chi connectivity index (χ1v) is 6.88. The Kier molecular flexibility index (Phi) is 4.08. The summed E-state index contributed by atoms with van der Waals surface area (Å²) in [6.07, 6.45) is 3.61. The normalized spacial score (nSPS) is 11.3. The summed E-state index contributed by atoms with van der Waals surface area (Å²) in [7, 11) is -2.84. The SMILES string of the molecule is Cc1cc(NCCCS(C)(=O)=O)ccn1. The van der Waals surface area contributed by atoms with Crippen molar-refractivity contribution in [3.63, 3.8) is 0 Å². The van der Waals surface area contributed by atoms with Gasteiger partial charge in [0, 0.05) is 30.4 Å². The Morgan fingerprint density at radius 2 is 2.20 bits per heavy atom. The van der Waals surface area contributed by atoms with Crippen molar-refractivity contribution in [1.29, 1.82) is 0 Å². The van der Waals surface area contributed by atoms with Crippen molar-refractivity contribution in [2.45, 2.75) is 13.3 Å². The molecule has 0 spiro atoms. The van der Waals surface area contributed by atoms with Crippen LogP contribution in [0, 0.1) is 6.92 Å². The number of rotatable bonds is 5. The van der Waals surface area contributed by atoms with Gasteiger partial charge in [-0.2, -0.15) is 0 Å². The molecule has 0 aliphatic rings. The molecule has 1 N–H and O–H groups in total. The summed E-state index contributed by atoms with van der Waals surface area (Å²) in [5, 5.41) is 3.15. The molecule has 0 fully saturated rings. The van der Waals surface area contributed by atoms with Gasteiger partial charge in [-0.15, -0.1) is 0 Å². The van der Waals surface area contributed by atoms with Crippen LogP contribution in [0.1, 0.15) is 12.1 Å². The van der Waals surface area contributed by atoms with Crippen LogP contribution in [0.5, 0.6) is 0 Å². The Morgan fingerprint density at radius 3 is 2.80 bits per heavy atom. The molecule has 0 aromatic carbocycles. The van der Waals surface area contributed by atoms with E-state index in [1.54, 1.807) is 6.20 Å². The number of anilines is 1. The van der Waals surface area contributed by atoms with E-state index in [0.717, 1.165) is 11.4 Å². The fraction of sp³-hybridized carbons (Fsp3) is 0.500. The molecule has 4 nitrogen and oxygen atoms in total. The molecule has 84 valence electrons. The first kappa shape index (κ1) is 12.0. The minimum atomic E-state index is -2.84. The molecule has 0 atom stereocenters. The van der Waals surface area contributed by atoms with Crippen LogP contribution in [-0.4, -0.2) is 32.0 Å². The highest BCUT2D eigenvalue weighted by Crippen LogP contribution is 2.06. The summed E-state index contributed by atoms with van der Waals surface area (Å²) in [5.74, 6) is 0.226. The predicted octanol–water partition coefficient (Wildman–Crippen LogP) is 1.24. The molecule has 0 aliphatic carbocycles. The Labute approximate surface area is 90.7 Å². The molecule has 0 bridgehead atoms. The molecule has 0 saturated carbocycles. The third-order valence-electron chi connectivity index (χ3n) is 1.92. The third kappa shape index (κ3) is 5.37. The van der Waals surface area contributed by atoms with Gasteiger partial charge in [-0.05, 0) is 25.5 Å². The molecule has 0 amide bonds. The van der Waals surface area contributed by atoms with E-state index in [4.69, 9.17) is 0 Å². The second-order valence-electron chi connectivity index (χ2n) is 3.60. The van der Waals surface area contributed by atoms with Gasteiger partial charge in [0.1, 0.15) is 9.84 Å². The topological polar surface area (TPSA) is 59.1 Å². The van der Waals surface area contributed by atoms with E-state index in [1.807, 2.05) is 19.1 Å². The molecular weight excluding hydrogens is 212 g/mol. The number of nitrogens with one attached hydrogen (secondary N) is 1. The van der Waals surface area contributed by atoms with Crippen LogP contribution in [0.15, 0.2) is 18.3 Å². The number of aryl methyl sites for hydroxylation is 1. The third-order valence-corrected chi connectivity index (χ3v) is 2.95. The van der Waals surface area contributed by atoms with Gasteiger partial charge in [0.25, 0.3) is 0 Å². The number of hydrogen-bond donors (Lipinski definition) is 1. The lowest BCUT2D eigenvalue weighted by Gasteiger charge is -2.05. The van der Waals surface area contributed by atoms with Crippen LogP contribution in [-0.2, 0) is 9.84 Å². The van der Waals surface area contributed by atoms with Crippen molar-refractivity contribution in [2.75, 3.05) is 23.9 Å². The Bertz CT molecular complexity index is 415. The van der Waals surface area contributed by atoms with Gasteiger partial charge >= 0.3 is 0 Å². The van der Waals surface area contributed by atoms with E-state index in [1.165, 1.54) is 6.26 Å². The highest BCUT2D eigenvalue weighted by Gasteiger charge is 2.00. The quantitative estimate of drug-likeness (QED) is 0.770. The number of aromatic nitrogens is 1. The van der Waals surface area contributed by atoms with Gasteiger partial charge in [0.05, 0.1) is 5.75 Å². The molecular formula is C10H16N2O2S. The van der Waals surface area contributed by atoms with E-state index >= 15 is 0 Å². The number of hydrogen-bond acceptors (Lipinski definition) is 4. The van der Waals surface area contributed by atoms with Crippen molar-refractivity contribution in [1.82, 2.24) is 4.98 Å². The predicted molar refractivity (Wildman–Crippen MR) is 61.8 cm³/mol. The fourth-order valence-corrected chi connectivity index (χ4v) is 1.89. The zero-order chi connectivity index (χ0) is 11.3. The first-order valence-electron chi connectivity index (χ1n) is 4.81. The lowest BCUT2D eigenvalue weighted by molar-refractivity contribution is 0.600. The zero-order valence-corrected chi connectivity index (χ0v) is 9.84. The van der Waals surface area contributed by atoms with Crippen molar-refractivity contribution < 1.29 is 8.42 Å². The number of nitrogens with zero attached hydrogens (tertiary/aromatic N) is 1. The highest BCUT2D eigenvalue weighted by atomic mass is 32.2. The van der Waals surface area contributed by atoms with Gasteiger partial charge in [-0.1, -0.05) is 0 Å². The molecule has 0 radical (unpaired) electrons. The van der Waals surface area contributed by atoms with E-state index in [0.29, 0.717) is 13.0 Å². The summed E-state index contributed by atoms with van der Waals surface area (Å²) in [6.45, 7) is 2.58. The van der Waals surface area contributed by atoms with E-state index in [9.17, 15) is 8.42 Å². The average Bonchev–Trinajstić information content (AvgIpc) is 2.11. The molecule has 0 aliphatic heterocycles. The maximum atomic E-state index is 10.9. The lowest BCUT2D eigenvalue weighted by Crippen LogP contribution is -2.09. The highest BCUT2D eigenvalue weighted by molar-refractivity contribution is 7.90. The van der Waals surface area contributed by atoms with Gasteiger partial charge in [0.2, 0.25) is 0 Å². The number of sulfone groups is 1. The van der Waals surface area contributed by atoms with E-state index in [2.05, 4.69) is 10.3 Å². The van der Waals surface area contributed by atoms with Crippen molar-refractivity contribution >= 4 is 15.5 Å². The molecule has 1 aromatic heterocycles. The molecule has 5 heteroatoms. The van der Waals surface area contributed by atoms with Gasteiger partial charge < -0.3 is 5.32 Å². The summed E-state index contributed by atoms with van der Waals surface area (Å²) in [4.78, 5) is 4.07. The van der Waals surface area contributed by atoms with E-state index < -0.39 is 9.84 Å². The van der Waals surface area contributed by atoms with Gasteiger partial charge in [0.15, 0.2) is 0 Å². The summed E-state index contributed by atoms with van der Waals surface area (Å²) in [5.41, 5.74) is 1.93. The minimum absolute atomic E-state index is 0.226. The number of pyridine rings is 1. The maximum Gasteiger partial charge on any atom is 0.147 e. The monoisotopic (exact) mass is 228 g/mol. The van der Waals surface area contributed by atoms with Gasteiger partial charge in [-0.25, -0.2) is 8.42 Å². The first-order chi connectivity index (χ1) is 6.97. The Morgan fingerprint density at radius 1 is 1.47 bits per heavy atom. The van der Waals surface area contributed by atoms with Crippen LogP contribution < -0.4 is 5.32 Å². The van der Waals surface area contributed by atoms with Gasteiger partial charge in [-0.3, -0.25) is 4.98 Å². The standard InChI is InChI=1S/C10H16N2O2S/c1-9-8-10(4-6-11-9)12-5-3-7-15(2,13)14/h4,6,8H,3,5,7H2,1-2H3,(H,11,12). The molecule has 0 saturated heterocycles. The second kappa shape index (κ2) is 5.11. The molecule has 15 heavy (non-hydrogen) atoms. The smallest absolute Gasteiger partial charge is 0.147 e. The minimum Gasteiger partial charge on any atom is -0.385 e. The van der Waals surface area contributed by atoms with Crippen LogP contribution in [0.3, 0.4) is 0 Å². The largest absolute Gasteiger partial charge is 0.385 e. The van der Waals surface area contributed by atoms with E-state index in [-0.39, 0.29) is 5.75 Å². The average molecular weight is 228 g/mol. The zero-order valence-electron chi connectivity index (χ0n) is 9.03. The Hall–Kier alpha value is -1.10. The molecule has 1 rings (SSSR count). The molecule has 1 heterocycles. The van der Waals surface area contributed by atoms with Crippen molar-refractivity contribution in [2.24, 2.45) is 0 Å². The van der Waals surface area contributed by atoms with Crippen molar-refractivity contribution in [3.8, 4) is 0 Å². The molecule has 1 aromatic rings. The maximum absolute atomic E-state index is 10.9. The fourth-order valence-electron chi connectivity index (χ4n) is 1.22. The second-order valence-corrected chi connectivity index (χ2v) is 5.86.